The van der Waals surface area contributed by atoms with E-state index in [9.17, 15) is 24.0 Å². The van der Waals surface area contributed by atoms with Gasteiger partial charge in [-0.05, 0) is 99.1 Å². The van der Waals surface area contributed by atoms with Gasteiger partial charge in [0.2, 0.25) is 47.3 Å². The summed E-state index contributed by atoms with van der Waals surface area (Å²) in [4.78, 5) is 136. The number of unbranched alkanes of at least 4 members (excludes halogenated alkanes) is 5. The van der Waals surface area contributed by atoms with Crippen molar-refractivity contribution in [1.29, 1.82) is 0 Å². The first kappa shape index (κ1) is 72.9. The van der Waals surface area contributed by atoms with E-state index < -0.39 is 83.6 Å². The predicted molar refractivity (Wildman–Crippen MR) is 365 cm³/mol. The lowest BCUT2D eigenvalue weighted by molar-refractivity contribution is -0.135. The molecule has 0 saturated carbocycles. The fraction of sp³-hybridized carbons (Fsp3) is 0.462. The second-order valence-electron chi connectivity index (χ2n) is 23.4. The van der Waals surface area contributed by atoms with E-state index in [1.807, 2.05) is 72.8 Å². The molecular formula is C65H95N21O8. The van der Waals surface area contributed by atoms with Crippen molar-refractivity contribution in [2.24, 2.45) is 60.8 Å². The molecule has 7 atom stereocenters. The number of aromatic amines is 3. The smallest absolute Gasteiger partial charge is 0.243 e. The SMILES string of the molecule is CCCCCCCC(=O)NCCCC[C@H](NC(=O)[C@@H](Cc1c[nH]c2ccccc12)NC(=O)[C@H](CCCN=C(N)N)NC(=O)[C@H](Cc1c[nH]c2ccccc12)NC(=O)[C@H](CCCN=C(N)N)NC(=O)[C@H](Cc1c[nH]c2ccccc12)NC(=O)[C@H](N)CCCN=C(N)N)C(N)=O. The predicted octanol–water partition coefficient (Wildman–Crippen LogP) is 0.688. The number of amides is 8. The van der Waals surface area contributed by atoms with Crippen molar-refractivity contribution in [2.45, 2.75) is 165 Å². The summed E-state index contributed by atoms with van der Waals surface area (Å²) in [5.41, 5.74) is 50.1. The summed E-state index contributed by atoms with van der Waals surface area (Å²) in [5.74, 6) is -6.03. The van der Waals surface area contributed by atoms with Gasteiger partial charge in [0, 0.05) is 103 Å². The molecule has 0 aliphatic rings. The van der Waals surface area contributed by atoms with Crippen molar-refractivity contribution < 1.29 is 38.4 Å². The van der Waals surface area contributed by atoms with Crippen molar-refractivity contribution in [1.82, 2.24) is 52.2 Å². The van der Waals surface area contributed by atoms with E-state index in [0.717, 1.165) is 64.8 Å². The summed E-state index contributed by atoms with van der Waals surface area (Å²) in [5, 5.41) is 22.1. The Labute approximate surface area is 546 Å². The van der Waals surface area contributed by atoms with Crippen molar-refractivity contribution >= 4 is 97.8 Å². The third-order valence-electron chi connectivity index (χ3n) is 16.1. The summed E-state index contributed by atoms with van der Waals surface area (Å²) in [6.07, 6.45) is 12.1. The fourth-order valence-corrected chi connectivity index (χ4v) is 11.0. The molecule has 8 amide bonds. The lowest BCUT2D eigenvalue weighted by Gasteiger charge is -2.28. The van der Waals surface area contributed by atoms with Gasteiger partial charge in [0.1, 0.15) is 36.3 Å². The van der Waals surface area contributed by atoms with Crippen LogP contribution in [-0.2, 0) is 57.6 Å². The van der Waals surface area contributed by atoms with E-state index >= 15 is 14.4 Å². The minimum Gasteiger partial charge on any atom is -0.370 e. The summed E-state index contributed by atoms with van der Waals surface area (Å²) in [6, 6.07) is 12.9. The van der Waals surface area contributed by atoms with Crippen LogP contribution in [0.25, 0.3) is 32.7 Å². The van der Waals surface area contributed by atoms with E-state index in [0.29, 0.717) is 48.9 Å². The molecule has 508 valence electrons. The molecule has 26 N–H and O–H groups in total. The number of fused-ring (bicyclic) bond motifs is 3. The van der Waals surface area contributed by atoms with Crippen molar-refractivity contribution in [2.75, 3.05) is 26.2 Å². The molecule has 29 heteroatoms. The zero-order valence-electron chi connectivity index (χ0n) is 53.5. The van der Waals surface area contributed by atoms with Gasteiger partial charge in [0.15, 0.2) is 17.9 Å². The fourth-order valence-electron chi connectivity index (χ4n) is 11.0. The second-order valence-corrected chi connectivity index (χ2v) is 23.4. The number of nitrogens with zero attached hydrogens (tertiary/aromatic N) is 3. The van der Waals surface area contributed by atoms with Gasteiger partial charge in [-0.25, -0.2) is 0 Å². The van der Waals surface area contributed by atoms with E-state index in [-0.39, 0.29) is 101 Å². The van der Waals surface area contributed by atoms with Gasteiger partial charge in [-0.15, -0.1) is 0 Å². The number of nitrogens with one attached hydrogen (secondary N) is 10. The summed E-state index contributed by atoms with van der Waals surface area (Å²) < 4.78 is 0. The Morgan fingerprint density at radius 2 is 0.755 bits per heavy atom. The maximum atomic E-state index is 15.2. The molecule has 0 bridgehead atoms. The maximum absolute atomic E-state index is 15.2. The van der Waals surface area contributed by atoms with Gasteiger partial charge in [0.05, 0.1) is 6.04 Å². The maximum Gasteiger partial charge on any atom is 0.243 e. The van der Waals surface area contributed by atoms with E-state index in [1.54, 1.807) is 18.6 Å². The third-order valence-corrected chi connectivity index (χ3v) is 16.1. The highest BCUT2D eigenvalue weighted by Gasteiger charge is 2.35. The highest BCUT2D eigenvalue weighted by atomic mass is 16.2. The van der Waals surface area contributed by atoms with Crippen molar-refractivity contribution in [3.63, 3.8) is 0 Å². The topological polar surface area (TPSA) is 513 Å². The van der Waals surface area contributed by atoms with E-state index in [4.69, 9.17) is 45.9 Å². The standard InChI is InChI=1S/C65H95N21O8/c1-2-3-4-5-6-28-55(87)74-29-14-13-25-49(56(67)88)81-60(92)53(34-40-37-79-47-23-11-8-19-43(40)47)85-58(90)51(27-17-32-77-65(72)73)83-62(94)54(35-41-38-80-48-24-12-9-20-44(41)48)86-59(91)50(26-16-31-76-64(70)71)82-61(93)52(33-39-36-78-46-22-10-7-18-42(39)46)84-57(89)45(66)21-15-30-75-63(68)69/h7-12,18-20,22-24,36-38,45,49-54,78-80H,2-6,13-17,21,25-35,66H2,1H3,(H2,67,88)(H,74,87)(H,81,92)(H,82,93)(H,83,94)(H,84,89)(H,85,90)(H,86,91)(H4,68,69,75)(H4,70,71,76)(H4,72,73,77)/t45-,49+,50+,51+,52+,53-,54+/m1/s1. The number of guanidine groups is 3. The van der Waals surface area contributed by atoms with Crippen LogP contribution in [-0.4, -0.2) is 149 Å². The number of primary amides is 1. The van der Waals surface area contributed by atoms with Crippen LogP contribution in [0.1, 0.15) is 120 Å². The molecular weight excluding hydrogens is 1200 g/mol. The molecule has 3 aromatic carbocycles. The Kier molecular flexibility index (Phi) is 29.4. The Hall–Kier alpha value is -10.2. The number of carbonyl (C=O) groups excluding carboxylic acids is 8. The van der Waals surface area contributed by atoms with Gasteiger partial charge in [-0.2, -0.15) is 0 Å². The number of para-hydroxylation sites is 3. The average Bonchev–Trinajstić information content (AvgIpc) is 1.67. The molecule has 0 spiro atoms. The number of hydrogen-bond acceptors (Lipinski definition) is 12. The Balaban J connectivity index is 1.28. The number of hydrogen-bond donors (Lipinski definition) is 18. The molecule has 29 nitrogen and oxygen atoms in total. The first-order chi connectivity index (χ1) is 45.2. The van der Waals surface area contributed by atoms with Crippen LogP contribution >= 0.6 is 0 Å². The van der Waals surface area contributed by atoms with Gasteiger partial charge >= 0.3 is 0 Å². The molecule has 0 radical (unpaired) electrons. The number of aromatic nitrogens is 3. The van der Waals surface area contributed by atoms with Crippen LogP contribution in [0, 0.1) is 0 Å². The van der Waals surface area contributed by atoms with Crippen LogP contribution in [0.15, 0.2) is 106 Å². The molecule has 6 rings (SSSR count). The van der Waals surface area contributed by atoms with Gasteiger partial charge in [-0.1, -0.05) is 87.2 Å². The third kappa shape index (κ3) is 23.8. The molecule has 6 aromatic rings. The largest absolute Gasteiger partial charge is 0.370 e. The molecule has 0 unspecified atom stereocenters. The average molecular weight is 1300 g/mol. The normalized spacial score (nSPS) is 13.4. The van der Waals surface area contributed by atoms with Gasteiger partial charge < -0.3 is 98.0 Å². The number of carbonyl (C=O) groups is 8. The zero-order chi connectivity index (χ0) is 67.9. The molecule has 3 aromatic heterocycles. The molecule has 94 heavy (non-hydrogen) atoms. The highest BCUT2D eigenvalue weighted by Crippen LogP contribution is 2.23. The number of benzene rings is 3. The molecule has 3 heterocycles. The molecule has 0 aliphatic heterocycles. The van der Waals surface area contributed by atoms with Crippen LogP contribution in [0.4, 0.5) is 0 Å². The number of H-pyrrole nitrogens is 3. The molecule has 0 saturated heterocycles. The summed E-state index contributed by atoms with van der Waals surface area (Å²) in [6.45, 7) is 2.79. The minimum absolute atomic E-state index is 0.0358. The van der Waals surface area contributed by atoms with Crippen LogP contribution in [0.3, 0.4) is 0 Å². The van der Waals surface area contributed by atoms with E-state index in [2.05, 4.69) is 74.1 Å². The summed E-state index contributed by atoms with van der Waals surface area (Å²) >= 11 is 0. The molecule has 0 aliphatic carbocycles. The Morgan fingerprint density at radius 1 is 0.404 bits per heavy atom. The van der Waals surface area contributed by atoms with Gasteiger partial charge in [0.25, 0.3) is 0 Å². The van der Waals surface area contributed by atoms with Crippen LogP contribution in [0.5, 0.6) is 0 Å². The van der Waals surface area contributed by atoms with Crippen LogP contribution < -0.4 is 83.1 Å². The lowest BCUT2D eigenvalue weighted by atomic mass is 10.0. The number of rotatable bonds is 42. The zero-order valence-corrected chi connectivity index (χ0v) is 53.5. The quantitative estimate of drug-likeness (QED) is 0.0142. The van der Waals surface area contributed by atoms with Crippen molar-refractivity contribution in [3.8, 4) is 0 Å². The van der Waals surface area contributed by atoms with Crippen molar-refractivity contribution in [3.05, 3.63) is 108 Å². The number of nitrogens with two attached hydrogens (primary N) is 8. The Morgan fingerprint density at radius 3 is 1.16 bits per heavy atom. The Bertz CT molecular complexity index is 3560. The highest BCUT2D eigenvalue weighted by molar-refractivity contribution is 5.99. The van der Waals surface area contributed by atoms with Gasteiger partial charge in [-0.3, -0.25) is 53.3 Å². The monoisotopic (exact) mass is 1300 g/mol. The van der Waals surface area contributed by atoms with E-state index in [1.165, 1.54) is 0 Å². The van der Waals surface area contributed by atoms with Crippen LogP contribution in [0.2, 0.25) is 0 Å². The number of aliphatic imine (C=N–C) groups is 3. The molecule has 0 fully saturated rings. The minimum atomic E-state index is -1.46. The second kappa shape index (κ2) is 38.0. The first-order valence-electron chi connectivity index (χ1n) is 32.2. The first-order valence-corrected chi connectivity index (χ1v) is 32.2. The summed E-state index contributed by atoms with van der Waals surface area (Å²) in [7, 11) is 0. The lowest BCUT2D eigenvalue weighted by Crippen LogP contribution is -2.60.